The van der Waals surface area contributed by atoms with Crippen LogP contribution in [0.25, 0.3) is 0 Å². The second-order valence-electron chi connectivity index (χ2n) is 5.91. The van der Waals surface area contributed by atoms with E-state index in [1.54, 1.807) is 0 Å². The topological polar surface area (TPSA) is 66.0 Å². The highest BCUT2D eigenvalue weighted by atomic mass is 15.4. The predicted octanol–water partition coefficient (Wildman–Crippen LogP) is -2.73. The van der Waals surface area contributed by atoms with Crippen molar-refractivity contribution in [3.63, 3.8) is 0 Å². The molecule has 16 heavy (non-hydrogen) atoms. The molecule has 0 aromatic carbocycles. The minimum Gasteiger partial charge on any atom is -0.319 e. The van der Waals surface area contributed by atoms with Gasteiger partial charge in [0.1, 0.15) is 26.2 Å². The highest BCUT2D eigenvalue weighted by molar-refractivity contribution is 5.69. The zero-order chi connectivity index (χ0) is 12.2. The Morgan fingerprint density at radius 3 is 2.12 bits per heavy atom. The summed E-state index contributed by atoms with van der Waals surface area (Å²) in [6.07, 6.45) is 1.13. The lowest BCUT2D eigenvalue weighted by Crippen LogP contribution is -2.78. The van der Waals surface area contributed by atoms with Gasteiger partial charge in [0.05, 0.1) is 34.2 Å². The zero-order valence-corrected chi connectivity index (χ0v) is 11.0. The van der Waals surface area contributed by atoms with Gasteiger partial charge in [0.15, 0.2) is 0 Å². The highest BCUT2D eigenvalue weighted by Crippen LogP contribution is 2.13. The number of nitrogens with one attached hydrogen (secondary N) is 1. The number of nitrogens with zero attached hydrogens (tertiary/aromatic N) is 2. The number of hydrogen-bond acceptors (Lipinski definition) is 0. The molecule has 0 saturated carbocycles. The molecule has 1 aliphatic heterocycles. The Hall–Kier alpha value is -0.810. The number of guanidine groups is 1. The molecule has 5 nitrogen and oxygen atoms in total. The first-order valence-corrected chi connectivity index (χ1v) is 6.10. The van der Waals surface area contributed by atoms with Crippen molar-refractivity contribution in [1.29, 1.82) is 0 Å². The van der Waals surface area contributed by atoms with E-state index in [0.29, 0.717) is 5.96 Å². The van der Waals surface area contributed by atoms with Gasteiger partial charge in [-0.2, -0.15) is 0 Å². The van der Waals surface area contributed by atoms with Crippen molar-refractivity contribution in [3.05, 3.63) is 0 Å². The molecule has 5 N–H and O–H groups in total. The molecule has 0 atom stereocenters. The van der Waals surface area contributed by atoms with Crippen molar-refractivity contribution >= 4 is 5.96 Å². The smallest absolute Gasteiger partial charge is 0.319 e. The first-order chi connectivity index (χ1) is 7.33. The molecule has 0 aromatic heterocycles. The lowest BCUT2D eigenvalue weighted by Gasteiger charge is -2.44. The Morgan fingerprint density at radius 2 is 1.62 bits per heavy atom. The van der Waals surface area contributed by atoms with Crippen LogP contribution in [0.1, 0.15) is 6.42 Å². The standard InChI is InChI=1S/C11H27N5/c1-15(2)7-9-16(3,10-8-15)6-4-5-14-11(12)13/h4-10H2,1-3H3,(H4,12,13,14)/q+2/p+1. The molecule has 5 heteroatoms. The normalized spacial score (nSPS) is 22.7. The van der Waals surface area contributed by atoms with Gasteiger partial charge in [0, 0.05) is 6.42 Å². The number of rotatable bonds is 4. The van der Waals surface area contributed by atoms with Crippen LogP contribution >= 0.6 is 0 Å². The highest BCUT2D eigenvalue weighted by Gasteiger charge is 2.33. The Balaban J connectivity index is 2.29. The maximum atomic E-state index is 5.36. The molecule has 0 aromatic rings. The van der Waals surface area contributed by atoms with Crippen LogP contribution in [0.2, 0.25) is 0 Å². The number of piperazine rings is 1. The van der Waals surface area contributed by atoms with Crippen molar-refractivity contribution in [2.24, 2.45) is 11.5 Å². The average Bonchev–Trinajstić information content (AvgIpc) is 2.18. The van der Waals surface area contributed by atoms with Crippen LogP contribution in [0, 0.1) is 0 Å². The summed E-state index contributed by atoms with van der Waals surface area (Å²) in [4.78, 5) is 2.98. The summed E-state index contributed by atoms with van der Waals surface area (Å²) < 4.78 is 2.35. The summed E-state index contributed by atoms with van der Waals surface area (Å²) in [6, 6.07) is 0. The summed E-state index contributed by atoms with van der Waals surface area (Å²) in [5, 5.41) is 0. The number of quaternary nitrogens is 2. The minimum absolute atomic E-state index is 0.332. The van der Waals surface area contributed by atoms with Crippen molar-refractivity contribution < 1.29 is 14.0 Å². The van der Waals surface area contributed by atoms with E-state index < -0.39 is 0 Å². The van der Waals surface area contributed by atoms with Gasteiger partial charge in [0.25, 0.3) is 0 Å². The summed E-state index contributed by atoms with van der Waals surface area (Å²) in [5.74, 6) is 0.332. The van der Waals surface area contributed by atoms with E-state index in [0.717, 1.165) is 17.4 Å². The van der Waals surface area contributed by atoms with E-state index in [9.17, 15) is 0 Å². The molecular weight excluding hydrogens is 202 g/mol. The Bertz CT molecular complexity index is 245. The van der Waals surface area contributed by atoms with E-state index in [2.05, 4.69) is 26.1 Å². The van der Waals surface area contributed by atoms with Crippen LogP contribution in [-0.2, 0) is 0 Å². The van der Waals surface area contributed by atoms with E-state index >= 15 is 0 Å². The molecule has 1 rings (SSSR count). The second kappa shape index (κ2) is 5.01. The van der Waals surface area contributed by atoms with Crippen molar-refractivity contribution in [3.8, 4) is 0 Å². The quantitative estimate of drug-likeness (QED) is 0.212. The van der Waals surface area contributed by atoms with E-state index in [4.69, 9.17) is 11.5 Å². The fourth-order valence-electron chi connectivity index (χ4n) is 2.16. The van der Waals surface area contributed by atoms with Crippen LogP contribution in [0.5, 0.6) is 0 Å². The first kappa shape index (κ1) is 13.3. The summed E-state index contributed by atoms with van der Waals surface area (Å²) in [6.45, 7) is 7.18. The fraction of sp³-hybridized carbons (Fsp3) is 0.909. The number of likely N-dealkylation sites (N-methyl/N-ethyl adjacent to an activating group) is 2. The van der Waals surface area contributed by atoms with Crippen LogP contribution < -0.4 is 16.5 Å². The maximum Gasteiger partial charge on any atom is 0.338 e. The minimum atomic E-state index is 0.332. The van der Waals surface area contributed by atoms with Gasteiger partial charge in [-0.25, -0.2) is 0 Å². The molecule has 0 amide bonds. The van der Waals surface area contributed by atoms with Crippen LogP contribution in [0.4, 0.5) is 0 Å². The predicted molar refractivity (Wildman–Crippen MR) is 66.5 cm³/mol. The van der Waals surface area contributed by atoms with Gasteiger partial charge >= 0.3 is 5.96 Å². The molecule has 0 bridgehead atoms. The third-order valence-electron chi connectivity index (χ3n) is 3.69. The largest absolute Gasteiger partial charge is 0.338 e. The lowest BCUT2D eigenvalue weighted by atomic mass is 10.2. The summed E-state index contributed by atoms with van der Waals surface area (Å²) in [7, 11) is 6.99. The molecule has 0 radical (unpaired) electrons. The van der Waals surface area contributed by atoms with Gasteiger partial charge in [0.2, 0.25) is 0 Å². The second-order valence-corrected chi connectivity index (χ2v) is 5.91. The van der Waals surface area contributed by atoms with Crippen molar-refractivity contribution in [1.82, 2.24) is 0 Å². The zero-order valence-electron chi connectivity index (χ0n) is 11.0. The molecule has 1 aliphatic rings. The number of nitrogens with two attached hydrogens (primary N) is 2. The molecule has 0 unspecified atom stereocenters. The molecule has 0 aliphatic carbocycles. The SMILES string of the molecule is C[N+]1(C)CC[N+](C)(CCC[NH+]=C(N)N)CC1. The number of hydrogen-bond donors (Lipinski definition) is 3. The fourth-order valence-corrected chi connectivity index (χ4v) is 2.16. The summed E-state index contributed by atoms with van der Waals surface area (Å²) in [5.41, 5.74) is 10.7. The maximum absolute atomic E-state index is 5.36. The van der Waals surface area contributed by atoms with Gasteiger partial charge in [-0.1, -0.05) is 0 Å². The third kappa shape index (κ3) is 4.37. The Kier molecular flexibility index (Phi) is 4.15. The van der Waals surface area contributed by atoms with Crippen LogP contribution in [0.15, 0.2) is 0 Å². The van der Waals surface area contributed by atoms with Gasteiger partial charge < -0.3 is 8.97 Å². The van der Waals surface area contributed by atoms with Gasteiger partial charge in [-0.05, 0) is 0 Å². The Morgan fingerprint density at radius 1 is 1.06 bits per heavy atom. The summed E-state index contributed by atoms with van der Waals surface area (Å²) >= 11 is 0. The van der Waals surface area contributed by atoms with E-state index in [-0.39, 0.29) is 0 Å². The van der Waals surface area contributed by atoms with Gasteiger partial charge in [-0.3, -0.25) is 16.5 Å². The molecular formula is C11H28N5+3. The van der Waals surface area contributed by atoms with Crippen molar-refractivity contribution in [2.75, 3.05) is 60.4 Å². The molecule has 1 heterocycles. The van der Waals surface area contributed by atoms with E-state index in [1.807, 2.05) is 0 Å². The average molecular weight is 230 g/mol. The van der Waals surface area contributed by atoms with Gasteiger partial charge in [-0.15, -0.1) is 0 Å². The molecule has 1 saturated heterocycles. The third-order valence-corrected chi connectivity index (χ3v) is 3.69. The molecule has 0 spiro atoms. The molecule has 1 fully saturated rings. The Labute approximate surface area is 98.9 Å². The van der Waals surface area contributed by atoms with E-state index in [1.165, 1.54) is 37.2 Å². The van der Waals surface area contributed by atoms with Crippen LogP contribution in [0.3, 0.4) is 0 Å². The van der Waals surface area contributed by atoms with Crippen LogP contribution in [-0.4, -0.2) is 75.3 Å². The lowest BCUT2D eigenvalue weighted by molar-refractivity contribution is -1.01. The first-order valence-electron chi connectivity index (χ1n) is 6.10. The molecule has 94 valence electrons. The monoisotopic (exact) mass is 230 g/mol. The van der Waals surface area contributed by atoms with Crippen molar-refractivity contribution in [2.45, 2.75) is 6.42 Å².